The van der Waals surface area contributed by atoms with Crippen molar-refractivity contribution in [3.05, 3.63) is 53.9 Å². The molecule has 0 aliphatic carbocycles. The van der Waals surface area contributed by atoms with Crippen molar-refractivity contribution < 1.29 is 23.8 Å². The molecule has 0 unspecified atom stereocenters. The number of nitrogens with zero attached hydrogens (tertiary/aromatic N) is 2. The molecule has 156 valence electrons. The van der Waals surface area contributed by atoms with Crippen molar-refractivity contribution in [1.29, 1.82) is 0 Å². The summed E-state index contributed by atoms with van der Waals surface area (Å²) >= 11 is 0. The van der Waals surface area contributed by atoms with Crippen LogP contribution in [0.3, 0.4) is 0 Å². The number of carbonyl (C=O) groups is 2. The molecule has 0 aliphatic heterocycles. The fourth-order valence-corrected chi connectivity index (χ4v) is 2.67. The van der Waals surface area contributed by atoms with Crippen molar-refractivity contribution in [2.45, 2.75) is 40.3 Å². The zero-order valence-corrected chi connectivity index (χ0v) is 17.4. The normalized spacial score (nSPS) is 10.5. The quantitative estimate of drug-likeness (QED) is 0.568. The Kier molecular flexibility index (Phi) is 8.45. The average Bonchev–Trinajstić information content (AvgIpc) is 2.71. The van der Waals surface area contributed by atoms with Crippen molar-refractivity contribution in [2.75, 3.05) is 19.8 Å². The Morgan fingerprint density at radius 2 is 1.86 bits per heavy atom. The Hall–Kier alpha value is -3.09. The molecule has 1 amide bonds. The summed E-state index contributed by atoms with van der Waals surface area (Å²) in [6.45, 7) is 8.24. The summed E-state index contributed by atoms with van der Waals surface area (Å²) < 4.78 is 16.5. The van der Waals surface area contributed by atoms with Gasteiger partial charge in [-0.25, -0.2) is 0 Å². The number of hydrogen-bond donors (Lipinski definition) is 0. The second-order valence-electron chi connectivity index (χ2n) is 6.58. The number of amides is 1. The van der Waals surface area contributed by atoms with Crippen LogP contribution in [0.5, 0.6) is 11.5 Å². The highest BCUT2D eigenvalue weighted by molar-refractivity contribution is 5.96. The van der Waals surface area contributed by atoms with E-state index >= 15 is 0 Å². The van der Waals surface area contributed by atoms with E-state index in [-0.39, 0.29) is 25.1 Å². The van der Waals surface area contributed by atoms with Gasteiger partial charge in [-0.2, -0.15) is 0 Å². The molecule has 0 spiro atoms. The number of carbonyl (C=O) groups excluding carboxylic acids is 2. The number of ether oxygens (including phenoxy) is 3. The molecule has 29 heavy (non-hydrogen) atoms. The molecule has 7 nitrogen and oxygen atoms in total. The van der Waals surface area contributed by atoms with Crippen molar-refractivity contribution >= 4 is 11.9 Å². The minimum Gasteiger partial charge on any atom is -0.490 e. The zero-order valence-electron chi connectivity index (χ0n) is 17.4. The Balaban J connectivity index is 2.20. The van der Waals surface area contributed by atoms with Gasteiger partial charge in [0.05, 0.1) is 13.2 Å². The van der Waals surface area contributed by atoms with Gasteiger partial charge in [0.25, 0.3) is 5.91 Å². The summed E-state index contributed by atoms with van der Waals surface area (Å²) in [5, 5.41) is 0. The van der Waals surface area contributed by atoms with Gasteiger partial charge in [-0.15, -0.1) is 0 Å². The van der Waals surface area contributed by atoms with E-state index in [2.05, 4.69) is 4.98 Å². The van der Waals surface area contributed by atoms with Crippen LogP contribution >= 0.6 is 0 Å². The third-order valence-electron chi connectivity index (χ3n) is 4.10. The largest absolute Gasteiger partial charge is 0.490 e. The molecule has 0 saturated heterocycles. The summed E-state index contributed by atoms with van der Waals surface area (Å²) in [5.74, 6) is 0.305. The van der Waals surface area contributed by atoms with Gasteiger partial charge >= 0.3 is 5.97 Å². The minimum absolute atomic E-state index is 0.104. The zero-order chi connectivity index (χ0) is 21.2. The molecule has 1 aromatic carbocycles. The van der Waals surface area contributed by atoms with Crippen molar-refractivity contribution in [2.24, 2.45) is 0 Å². The number of hydrogen-bond acceptors (Lipinski definition) is 6. The summed E-state index contributed by atoms with van der Waals surface area (Å²) in [6.07, 6.45) is 3.43. The van der Waals surface area contributed by atoms with Gasteiger partial charge < -0.3 is 19.1 Å². The molecular weight excluding hydrogens is 372 g/mol. The standard InChI is InChI=1S/C22H28N2O5/c1-5-27-20-12-18(22(26)24(16(3)4)14-21(25)28-6-2)9-10-19(20)29-15-17-8-7-11-23-13-17/h7-13,16H,5-6,14-15H2,1-4H3. The van der Waals surface area contributed by atoms with E-state index in [0.717, 1.165) is 5.56 Å². The fraction of sp³-hybridized carbons (Fsp3) is 0.409. The maximum atomic E-state index is 13.0. The molecule has 2 rings (SSSR count). The lowest BCUT2D eigenvalue weighted by Gasteiger charge is -2.26. The fourth-order valence-electron chi connectivity index (χ4n) is 2.67. The highest BCUT2D eigenvalue weighted by Crippen LogP contribution is 2.30. The first-order valence-corrected chi connectivity index (χ1v) is 9.71. The van der Waals surface area contributed by atoms with E-state index in [4.69, 9.17) is 14.2 Å². The lowest BCUT2D eigenvalue weighted by atomic mass is 10.1. The number of aromatic nitrogens is 1. The van der Waals surface area contributed by atoms with Crippen LogP contribution in [0.2, 0.25) is 0 Å². The van der Waals surface area contributed by atoms with Gasteiger partial charge in [-0.1, -0.05) is 6.07 Å². The second kappa shape index (κ2) is 11.0. The lowest BCUT2D eigenvalue weighted by Crippen LogP contribution is -2.41. The third-order valence-corrected chi connectivity index (χ3v) is 4.10. The van der Waals surface area contributed by atoms with Gasteiger partial charge in [0.2, 0.25) is 0 Å². The van der Waals surface area contributed by atoms with Gasteiger partial charge in [0.1, 0.15) is 13.2 Å². The Morgan fingerprint density at radius 1 is 1.07 bits per heavy atom. The van der Waals surface area contributed by atoms with Gasteiger partial charge in [-0.3, -0.25) is 14.6 Å². The molecule has 2 aromatic rings. The van der Waals surface area contributed by atoms with Crippen LogP contribution in [0.1, 0.15) is 43.6 Å². The summed E-state index contributed by atoms with van der Waals surface area (Å²) in [4.78, 5) is 30.4. The lowest BCUT2D eigenvalue weighted by molar-refractivity contribution is -0.144. The molecule has 0 fully saturated rings. The Morgan fingerprint density at radius 3 is 2.48 bits per heavy atom. The number of rotatable bonds is 10. The van der Waals surface area contributed by atoms with Crippen LogP contribution in [-0.4, -0.2) is 47.6 Å². The van der Waals surface area contributed by atoms with E-state index in [0.29, 0.717) is 30.3 Å². The molecular formula is C22H28N2O5. The van der Waals surface area contributed by atoms with E-state index in [9.17, 15) is 9.59 Å². The Labute approximate surface area is 171 Å². The number of esters is 1. The van der Waals surface area contributed by atoms with Crippen molar-refractivity contribution in [1.82, 2.24) is 9.88 Å². The molecule has 0 saturated carbocycles. The SMILES string of the molecule is CCOC(=O)CN(C(=O)c1ccc(OCc2cccnc2)c(OCC)c1)C(C)C. The Bertz CT molecular complexity index is 808. The highest BCUT2D eigenvalue weighted by Gasteiger charge is 2.23. The van der Waals surface area contributed by atoms with Gasteiger partial charge in [0.15, 0.2) is 11.5 Å². The topological polar surface area (TPSA) is 78.0 Å². The van der Waals surface area contributed by atoms with Crippen molar-refractivity contribution in [3.63, 3.8) is 0 Å². The second-order valence-corrected chi connectivity index (χ2v) is 6.58. The smallest absolute Gasteiger partial charge is 0.325 e. The molecule has 0 atom stereocenters. The first-order chi connectivity index (χ1) is 14.0. The summed E-state index contributed by atoms with van der Waals surface area (Å²) in [6, 6.07) is 8.62. The van der Waals surface area contributed by atoms with Crippen LogP contribution in [0.15, 0.2) is 42.7 Å². The summed E-state index contributed by atoms with van der Waals surface area (Å²) in [7, 11) is 0. The summed E-state index contributed by atoms with van der Waals surface area (Å²) in [5.41, 5.74) is 1.34. The first-order valence-electron chi connectivity index (χ1n) is 9.71. The maximum Gasteiger partial charge on any atom is 0.325 e. The number of pyridine rings is 1. The van der Waals surface area contributed by atoms with Crippen LogP contribution in [0.25, 0.3) is 0 Å². The third kappa shape index (κ3) is 6.48. The molecule has 1 aromatic heterocycles. The van der Waals surface area contributed by atoms with Gasteiger partial charge in [0, 0.05) is 29.6 Å². The first kappa shape index (κ1) is 22.2. The molecule has 1 heterocycles. The number of benzene rings is 1. The van der Waals surface area contributed by atoms with Crippen LogP contribution < -0.4 is 9.47 Å². The van der Waals surface area contributed by atoms with E-state index in [1.807, 2.05) is 32.9 Å². The van der Waals surface area contributed by atoms with Crippen LogP contribution in [-0.2, 0) is 16.1 Å². The minimum atomic E-state index is -0.434. The molecule has 0 bridgehead atoms. The molecule has 7 heteroatoms. The van der Waals surface area contributed by atoms with E-state index < -0.39 is 5.97 Å². The van der Waals surface area contributed by atoms with Gasteiger partial charge in [-0.05, 0) is 52.0 Å². The average molecular weight is 400 g/mol. The van der Waals surface area contributed by atoms with Crippen LogP contribution in [0.4, 0.5) is 0 Å². The molecule has 0 radical (unpaired) electrons. The highest BCUT2D eigenvalue weighted by atomic mass is 16.5. The monoisotopic (exact) mass is 400 g/mol. The van der Waals surface area contributed by atoms with Crippen LogP contribution in [0, 0.1) is 0 Å². The predicted octanol–water partition coefficient (Wildman–Crippen LogP) is 3.47. The van der Waals surface area contributed by atoms with E-state index in [1.54, 1.807) is 37.5 Å². The maximum absolute atomic E-state index is 13.0. The molecule has 0 N–H and O–H groups in total. The molecule has 0 aliphatic rings. The van der Waals surface area contributed by atoms with Crippen molar-refractivity contribution in [3.8, 4) is 11.5 Å². The predicted molar refractivity (Wildman–Crippen MR) is 109 cm³/mol. The van der Waals surface area contributed by atoms with E-state index in [1.165, 1.54) is 4.90 Å².